The van der Waals surface area contributed by atoms with Crippen LogP contribution in [0.5, 0.6) is 0 Å². The predicted molar refractivity (Wildman–Crippen MR) is 54.6 cm³/mol. The second-order valence-corrected chi connectivity index (χ2v) is 5.58. The zero-order valence-corrected chi connectivity index (χ0v) is 9.05. The Morgan fingerprint density at radius 2 is 2.27 bits per heavy atom. The van der Waals surface area contributed by atoms with Crippen molar-refractivity contribution in [2.45, 2.75) is 24.3 Å². The standard InChI is InChI=1S/C9H14N2O3S/c12-6-8-3-9(5-10-8)15(13,14)11-4-7-1-2-7/h3,5,7,10-12H,1-2,4,6H2. The average Bonchev–Trinajstić information content (AvgIpc) is 2.90. The van der Waals surface area contributed by atoms with Gasteiger partial charge in [-0.2, -0.15) is 0 Å². The van der Waals surface area contributed by atoms with Crippen LogP contribution in [0.2, 0.25) is 0 Å². The Labute approximate surface area is 88.6 Å². The van der Waals surface area contributed by atoms with Gasteiger partial charge in [0.15, 0.2) is 0 Å². The van der Waals surface area contributed by atoms with E-state index in [-0.39, 0.29) is 11.5 Å². The topological polar surface area (TPSA) is 82.2 Å². The number of sulfonamides is 1. The van der Waals surface area contributed by atoms with Crippen LogP contribution in [0.3, 0.4) is 0 Å². The molecule has 0 aliphatic heterocycles. The summed E-state index contributed by atoms with van der Waals surface area (Å²) in [5.74, 6) is 0.510. The molecule has 0 bridgehead atoms. The summed E-state index contributed by atoms with van der Waals surface area (Å²) in [5, 5.41) is 8.80. The summed E-state index contributed by atoms with van der Waals surface area (Å²) in [6.45, 7) is 0.333. The van der Waals surface area contributed by atoms with Crippen molar-refractivity contribution < 1.29 is 13.5 Å². The molecule has 0 aromatic carbocycles. The Balaban J connectivity index is 2.05. The number of H-pyrrole nitrogens is 1. The van der Waals surface area contributed by atoms with Crippen LogP contribution >= 0.6 is 0 Å². The number of hydrogen-bond acceptors (Lipinski definition) is 3. The van der Waals surface area contributed by atoms with Crippen LogP contribution in [0.4, 0.5) is 0 Å². The van der Waals surface area contributed by atoms with Gasteiger partial charge in [0.25, 0.3) is 0 Å². The zero-order chi connectivity index (χ0) is 10.9. The van der Waals surface area contributed by atoms with Crippen LogP contribution < -0.4 is 4.72 Å². The summed E-state index contributed by atoms with van der Waals surface area (Å²) in [7, 11) is -3.40. The van der Waals surface area contributed by atoms with E-state index >= 15 is 0 Å². The van der Waals surface area contributed by atoms with Crippen molar-refractivity contribution in [1.82, 2.24) is 9.71 Å². The van der Waals surface area contributed by atoms with Crippen molar-refractivity contribution in [3.05, 3.63) is 18.0 Å². The third kappa shape index (κ3) is 2.58. The molecule has 1 heterocycles. The van der Waals surface area contributed by atoms with Gasteiger partial charge in [-0.05, 0) is 24.8 Å². The minimum atomic E-state index is -3.40. The average molecular weight is 230 g/mol. The highest BCUT2D eigenvalue weighted by molar-refractivity contribution is 7.89. The van der Waals surface area contributed by atoms with E-state index in [1.54, 1.807) is 0 Å². The van der Waals surface area contributed by atoms with E-state index in [0.717, 1.165) is 12.8 Å². The molecule has 0 spiro atoms. The number of aliphatic hydroxyl groups excluding tert-OH is 1. The van der Waals surface area contributed by atoms with Crippen molar-refractivity contribution >= 4 is 10.0 Å². The van der Waals surface area contributed by atoms with Crippen LogP contribution in [0.1, 0.15) is 18.5 Å². The predicted octanol–water partition coefficient (Wildman–Crippen LogP) is 0.195. The number of aliphatic hydroxyl groups is 1. The van der Waals surface area contributed by atoms with Crippen LogP contribution in [0, 0.1) is 5.92 Å². The van der Waals surface area contributed by atoms with Gasteiger partial charge in [0, 0.05) is 18.4 Å². The van der Waals surface area contributed by atoms with E-state index in [2.05, 4.69) is 9.71 Å². The maximum absolute atomic E-state index is 11.7. The van der Waals surface area contributed by atoms with Gasteiger partial charge in [0.2, 0.25) is 10.0 Å². The maximum atomic E-state index is 11.7. The molecule has 84 valence electrons. The number of aromatic nitrogens is 1. The summed E-state index contributed by atoms with van der Waals surface area (Å²) in [6.07, 6.45) is 3.61. The quantitative estimate of drug-likeness (QED) is 0.675. The molecular weight excluding hydrogens is 216 g/mol. The summed E-state index contributed by atoms with van der Waals surface area (Å²) in [5.41, 5.74) is 0.502. The molecule has 3 N–H and O–H groups in total. The lowest BCUT2D eigenvalue weighted by Crippen LogP contribution is -2.25. The zero-order valence-electron chi connectivity index (χ0n) is 8.23. The van der Waals surface area contributed by atoms with Gasteiger partial charge in [-0.15, -0.1) is 0 Å². The second-order valence-electron chi connectivity index (χ2n) is 3.81. The molecule has 0 radical (unpaired) electrons. The molecule has 0 amide bonds. The number of aromatic amines is 1. The van der Waals surface area contributed by atoms with E-state index in [4.69, 9.17) is 5.11 Å². The van der Waals surface area contributed by atoms with Crippen molar-refractivity contribution in [3.63, 3.8) is 0 Å². The molecule has 2 rings (SSSR count). The molecule has 1 aromatic heterocycles. The molecule has 6 heteroatoms. The van der Waals surface area contributed by atoms with E-state index in [9.17, 15) is 8.42 Å². The molecule has 1 aromatic rings. The molecule has 15 heavy (non-hydrogen) atoms. The van der Waals surface area contributed by atoms with Crippen LogP contribution in [0.15, 0.2) is 17.2 Å². The SMILES string of the molecule is O=S(=O)(NCC1CC1)c1c[nH]c(CO)c1. The smallest absolute Gasteiger partial charge is 0.242 e. The lowest BCUT2D eigenvalue weighted by Gasteiger charge is -2.02. The summed E-state index contributed by atoms with van der Waals surface area (Å²) in [4.78, 5) is 2.88. The van der Waals surface area contributed by atoms with Crippen LogP contribution in [-0.4, -0.2) is 25.1 Å². The third-order valence-corrected chi connectivity index (χ3v) is 3.86. The monoisotopic (exact) mass is 230 g/mol. The highest BCUT2D eigenvalue weighted by atomic mass is 32.2. The van der Waals surface area contributed by atoms with Crippen LogP contribution in [0.25, 0.3) is 0 Å². The molecule has 1 aliphatic carbocycles. The first-order chi connectivity index (χ1) is 7.12. The molecule has 0 saturated heterocycles. The number of rotatable bonds is 5. The lowest BCUT2D eigenvalue weighted by atomic mass is 10.4. The van der Waals surface area contributed by atoms with Crippen molar-refractivity contribution in [1.29, 1.82) is 0 Å². The summed E-state index contributed by atoms with van der Waals surface area (Å²) >= 11 is 0. The van der Waals surface area contributed by atoms with Gasteiger partial charge in [0.1, 0.15) is 0 Å². The fourth-order valence-corrected chi connectivity index (χ4v) is 2.43. The lowest BCUT2D eigenvalue weighted by molar-refractivity contribution is 0.277. The largest absolute Gasteiger partial charge is 0.390 e. The van der Waals surface area contributed by atoms with Crippen molar-refractivity contribution in [3.8, 4) is 0 Å². The molecule has 0 unspecified atom stereocenters. The van der Waals surface area contributed by atoms with Gasteiger partial charge in [-0.3, -0.25) is 0 Å². The fourth-order valence-electron chi connectivity index (χ4n) is 1.30. The molecule has 1 fully saturated rings. The Bertz CT molecular complexity index is 434. The normalized spacial score (nSPS) is 16.9. The Morgan fingerprint density at radius 1 is 1.53 bits per heavy atom. The minimum Gasteiger partial charge on any atom is -0.390 e. The molecule has 5 nitrogen and oxygen atoms in total. The minimum absolute atomic E-state index is 0.182. The second kappa shape index (κ2) is 3.96. The first-order valence-corrected chi connectivity index (χ1v) is 6.38. The van der Waals surface area contributed by atoms with Crippen molar-refractivity contribution in [2.24, 2.45) is 5.92 Å². The summed E-state index contributed by atoms with van der Waals surface area (Å²) < 4.78 is 25.9. The van der Waals surface area contributed by atoms with E-state index in [0.29, 0.717) is 18.2 Å². The van der Waals surface area contributed by atoms with Crippen LogP contribution in [-0.2, 0) is 16.6 Å². The van der Waals surface area contributed by atoms with E-state index < -0.39 is 10.0 Å². The first kappa shape index (κ1) is 10.7. The Kier molecular flexibility index (Phi) is 2.81. The Hall–Kier alpha value is -0.850. The summed E-state index contributed by atoms with van der Waals surface area (Å²) in [6, 6.07) is 1.44. The molecule has 1 saturated carbocycles. The number of hydrogen-bond donors (Lipinski definition) is 3. The molecular formula is C9H14N2O3S. The van der Waals surface area contributed by atoms with Gasteiger partial charge in [-0.1, -0.05) is 0 Å². The first-order valence-electron chi connectivity index (χ1n) is 4.89. The third-order valence-electron chi connectivity index (χ3n) is 2.46. The van der Waals surface area contributed by atoms with Gasteiger partial charge in [-0.25, -0.2) is 13.1 Å². The van der Waals surface area contributed by atoms with Gasteiger partial charge >= 0.3 is 0 Å². The molecule has 1 aliphatic rings. The highest BCUT2D eigenvalue weighted by Gasteiger charge is 2.24. The Morgan fingerprint density at radius 3 is 2.80 bits per heavy atom. The fraction of sp³-hybridized carbons (Fsp3) is 0.556. The maximum Gasteiger partial charge on any atom is 0.242 e. The van der Waals surface area contributed by atoms with Crippen molar-refractivity contribution in [2.75, 3.05) is 6.54 Å². The van der Waals surface area contributed by atoms with Gasteiger partial charge in [0.05, 0.1) is 11.5 Å². The molecule has 0 atom stereocenters. The highest BCUT2D eigenvalue weighted by Crippen LogP contribution is 2.28. The van der Waals surface area contributed by atoms with E-state index in [1.807, 2.05) is 0 Å². The number of nitrogens with one attached hydrogen (secondary N) is 2. The van der Waals surface area contributed by atoms with Gasteiger partial charge < -0.3 is 10.1 Å². The van der Waals surface area contributed by atoms with E-state index in [1.165, 1.54) is 12.3 Å².